The van der Waals surface area contributed by atoms with E-state index in [2.05, 4.69) is 5.32 Å². The van der Waals surface area contributed by atoms with Crippen molar-refractivity contribution in [3.8, 4) is 0 Å². The molecule has 0 aliphatic heterocycles. The molecule has 0 unspecified atom stereocenters. The Morgan fingerprint density at radius 2 is 1.55 bits per heavy atom. The zero-order chi connectivity index (χ0) is 29.6. The van der Waals surface area contributed by atoms with E-state index in [0.29, 0.717) is 15.6 Å². The van der Waals surface area contributed by atoms with Crippen LogP contribution >= 0.6 is 23.2 Å². The number of sulfonamides is 1. The monoisotopic (exact) mass is 603 g/mol. The van der Waals surface area contributed by atoms with E-state index in [1.165, 1.54) is 17.0 Å². The molecule has 0 bridgehead atoms. The van der Waals surface area contributed by atoms with E-state index in [4.69, 9.17) is 23.2 Å². The molecule has 0 aliphatic rings. The molecule has 0 fully saturated rings. The molecule has 0 saturated heterocycles. The van der Waals surface area contributed by atoms with E-state index in [-0.39, 0.29) is 29.1 Å². The molecule has 2 amide bonds. The van der Waals surface area contributed by atoms with Crippen LogP contribution in [0.5, 0.6) is 0 Å². The average Bonchev–Trinajstić information content (AvgIpc) is 2.92. The summed E-state index contributed by atoms with van der Waals surface area (Å²) >= 11 is 12.4. The molecule has 214 valence electrons. The summed E-state index contributed by atoms with van der Waals surface area (Å²) in [5.41, 5.74) is 2.44. The summed E-state index contributed by atoms with van der Waals surface area (Å²) in [6.45, 7) is 8.58. The molecule has 40 heavy (non-hydrogen) atoms. The van der Waals surface area contributed by atoms with Gasteiger partial charge in [-0.1, -0.05) is 66.0 Å². The van der Waals surface area contributed by atoms with E-state index in [1.54, 1.807) is 68.4 Å². The van der Waals surface area contributed by atoms with Gasteiger partial charge in [0.05, 0.1) is 10.6 Å². The van der Waals surface area contributed by atoms with E-state index >= 15 is 0 Å². The smallest absolute Gasteiger partial charge is 0.264 e. The predicted molar refractivity (Wildman–Crippen MR) is 161 cm³/mol. The van der Waals surface area contributed by atoms with Gasteiger partial charge in [-0.3, -0.25) is 13.9 Å². The molecular weight excluding hydrogens is 569 g/mol. The van der Waals surface area contributed by atoms with Crippen molar-refractivity contribution in [2.24, 2.45) is 0 Å². The fourth-order valence-electron chi connectivity index (χ4n) is 4.05. The minimum absolute atomic E-state index is 0.0390. The van der Waals surface area contributed by atoms with Gasteiger partial charge < -0.3 is 10.2 Å². The molecule has 10 heteroatoms. The highest BCUT2D eigenvalue weighted by molar-refractivity contribution is 7.92. The van der Waals surface area contributed by atoms with Crippen LogP contribution in [0.25, 0.3) is 0 Å². The summed E-state index contributed by atoms with van der Waals surface area (Å²) in [4.78, 5) is 28.6. The van der Waals surface area contributed by atoms with Crippen LogP contribution in [-0.2, 0) is 26.2 Å². The number of aryl methyl sites for hydroxylation is 1. The second kappa shape index (κ2) is 13.5. The molecule has 0 aliphatic carbocycles. The summed E-state index contributed by atoms with van der Waals surface area (Å²) in [6.07, 6.45) is 0.722. The van der Waals surface area contributed by atoms with Gasteiger partial charge in [0.15, 0.2) is 0 Å². The molecule has 2 atom stereocenters. The maximum absolute atomic E-state index is 14.0. The second-order valence-corrected chi connectivity index (χ2v) is 12.6. The SMILES string of the molecule is CC[C@@H](C)NC(=O)[C@@H](C)N(Cc1ccc(Cl)cc1)C(=O)CN(c1cccc(Cl)c1C)S(=O)(=O)c1ccc(C)cc1. The minimum atomic E-state index is -4.18. The Morgan fingerprint density at radius 1 is 0.925 bits per heavy atom. The van der Waals surface area contributed by atoms with Crippen LogP contribution in [0.15, 0.2) is 71.6 Å². The van der Waals surface area contributed by atoms with E-state index in [9.17, 15) is 18.0 Å². The highest BCUT2D eigenvalue weighted by Crippen LogP contribution is 2.31. The van der Waals surface area contributed by atoms with Crippen molar-refractivity contribution in [1.82, 2.24) is 10.2 Å². The van der Waals surface area contributed by atoms with Crippen molar-refractivity contribution in [2.45, 2.75) is 64.6 Å². The topological polar surface area (TPSA) is 86.8 Å². The van der Waals surface area contributed by atoms with E-state index in [1.807, 2.05) is 20.8 Å². The zero-order valence-corrected chi connectivity index (χ0v) is 25.6. The van der Waals surface area contributed by atoms with Crippen molar-refractivity contribution < 1.29 is 18.0 Å². The molecule has 3 aromatic rings. The van der Waals surface area contributed by atoms with E-state index in [0.717, 1.165) is 21.9 Å². The maximum atomic E-state index is 14.0. The van der Waals surface area contributed by atoms with Crippen LogP contribution in [-0.4, -0.2) is 43.8 Å². The number of carbonyl (C=O) groups is 2. The lowest BCUT2D eigenvalue weighted by atomic mass is 10.1. The quantitative estimate of drug-likeness (QED) is 0.285. The van der Waals surface area contributed by atoms with E-state index < -0.39 is 28.5 Å². The number of hydrogen-bond donors (Lipinski definition) is 1. The number of rotatable bonds is 11. The third-order valence-corrected chi connectivity index (χ3v) is 9.27. The first kappa shape index (κ1) is 31.5. The fourth-order valence-corrected chi connectivity index (χ4v) is 5.82. The highest BCUT2D eigenvalue weighted by atomic mass is 35.5. The maximum Gasteiger partial charge on any atom is 0.264 e. The number of halogens is 2. The van der Waals surface area contributed by atoms with Crippen LogP contribution in [0, 0.1) is 13.8 Å². The van der Waals surface area contributed by atoms with Crippen LogP contribution < -0.4 is 9.62 Å². The Kier molecular flexibility index (Phi) is 10.6. The molecule has 3 aromatic carbocycles. The third kappa shape index (κ3) is 7.56. The van der Waals surface area contributed by atoms with Crippen LogP contribution in [0.4, 0.5) is 5.69 Å². The summed E-state index contributed by atoms with van der Waals surface area (Å²) in [6, 6.07) is 17.3. The number of nitrogens with one attached hydrogen (secondary N) is 1. The van der Waals surface area contributed by atoms with Crippen LogP contribution in [0.3, 0.4) is 0 Å². The summed E-state index contributed by atoms with van der Waals surface area (Å²) in [5, 5.41) is 3.83. The van der Waals surface area contributed by atoms with Crippen molar-refractivity contribution in [2.75, 3.05) is 10.8 Å². The first-order chi connectivity index (χ1) is 18.8. The number of hydrogen-bond acceptors (Lipinski definition) is 4. The average molecular weight is 605 g/mol. The lowest BCUT2D eigenvalue weighted by Crippen LogP contribution is -2.52. The van der Waals surface area contributed by atoms with Crippen molar-refractivity contribution >= 4 is 50.7 Å². The standard InChI is InChI=1S/C30H35Cl2N3O4S/c1-6-21(3)33-30(37)23(5)34(18-24-12-14-25(31)15-13-24)29(36)19-35(28-9-7-8-27(32)22(28)4)40(38,39)26-16-10-20(2)11-17-26/h7-17,21,23H,6,18-19H2,1-5H3,(H,33,37)/t21-,23-/m1/s1. The molecular formula is C30H35Cl2N3O4S. The van der Waals surface area contributed by atoms with Crippen molar-refractivity contribution in [3.63, 3.8) is 0 Å². The Balaban J connectivity index is 2.06. The highest BCUT2D eigenvalue weighted by Gasteiger charge is 2.33. The Bertz CT molecular complexity index is 1440. The first-order valence-electron chi connectivity index (χ1n) is 13.0. The first-order valence-corrected chi connectivity index (χ1v) is 15.2. The van der Waals surface area contributed by atoms with Gasteiger partial charge in [-0.2, -0.15) is 0 Å². The predicted octanol–water partition coefficient (Wildman–Crippen LogP) is 6.14. The Labute approximate surface area is 247 Å². The summed E-state index contributed by atoms with van der Waals surface area (Å²) in [5.74, 6) is -0.875. The number of benzene rings is 3. The summed E-state index contributed by atoms with van der Waals surface area (Å²) in [7, 11) is -4.18. The lowest BCUT2D eigenvalue weighted by Gasteiger charge is -2.33. The van der Waals surface area contributed by atoms with Gasteiger partial charge >= 0.3 is 0 Å². The normalized spacial score (nSPS) is 12.9. The van der Waals surface area contributed by atoms with Gasteiger partial charge in [-0.25, -0.2) is 8.42 Å². The van der Waals surface area contributed by atoms with Crippen LogP contribution in [0.2, 0.25) is 10.0 Å². The molecule has 0 aromatic heterocycles. The number of anilines is 1. The zero-order valence-electron chi connectivity index (χ0n) is 23.3. The lowest BCUT2D eigenvalue weighted by molar-refractivity contribution is -0.139. The third-order valence-electron chi connectivity index (χ3n) is 6.83. The fraction of sp³-hybridized carbons (Fsp3) is 0.333. The number of nitrogens with zero attached hydrogens (tertiary/aromatic N) is 2. The molecule has 0 radical (unpaired) electrons. The van der Waals surface area contributed by atoms with Gasteiger partial charge in [0, 0.05) is 22.6 Å². The largest absolute Gasteiger partial charge is 0.352 e. The number of amides is 2. The Hall–Kier alpha value is -3.07. The molecule has 3 rings (SSSR count). The van der Waals surface area contributed by atoms with Gasteiger partial charge in [0.1, 0.15) is 12.6 Å². The van der Waals surface area contributed by atoms with Crippen molar-refractivity contribution in [1.29, 1.82) is 0 Å². The minimum Gasteiger partial charge on any atom is -0.352 e. The van der Waals surface area contributed by atoms with Gasteiger partial charge in [-0.15, -0.1) is 0 Å². The molecule has 0 saturated carbocycles. The second-order valence-electron chi connectivity index (χ2n) is 9.85. The number of carbonyl (C=O) groups excluding carboxylic acids is 2. The van der Waals surface area contributed by atoms with Gasteiger partial charge in [0.2, 0.25) is 11.8 Å². The van der Waals surface area contributed by atoms with Crippen molar-refractivity contribution in [3.05, 3.63) is 93.5 Å². The summed E-state index contributed by atoms with van der Waals surface area (Å²) < 4.78 is 29.0. The van der Waals surface area contributed by atoms with Crippen LogP contribution in [0.1, 0.15) is 43.9 Å². The molecule has 1 N–H and O–H groups in total. The molecule has 0 spiro atoms. The molecule has 7 nitrogen and oxygen atoms in total. The van der Waals surface area contributed by atoms with Gasteiger partial charge in [-0.05, 0) is 81.6 Å². The molecule has 0 heterocycles. The van der Waals surface area contributed by atoms with Gasteiger partial charge in [0.25, 0.3) is 10.0 Å². The Morgan fingerprint density at radius 3 is 2.15 bits per heavy atom.